The van der Waals surface area contributed by atoms with E-state index in [1.54, 1.807) is 0 Å². The minimum Gasteiger partial charge on any atom is -0.481 e. The van der Waals surface area contributed by atoms with E-state index in [1.165, 1.54) is 0 Å². The van der Waals surface area contributed by atoms with Gasteiger partial charge in [-0.2, -0.15) is 0 Å². The predicted octanol–water partition coefficient (Wildman–Crippen LogP) is 4.59. The van der Waals surface area contributed by atoms with Gasteiger partial charge in [-0.3, -0.25) is 9.59 Å². The van der Waals surface area contributed by atoms with Crippen LogP contribution in [0.5, 0.6) is 0 Å². The summed E-state index contributed by atoms with van der Waals surface area (Å²) in [7, 11) is -1.61. The molecule has 0 amide bonds. The summed E-state index contributed by atoms with van der Waals surface area (Å²) in [5.41, 5.74) is 0. The Morgan fingerprint density at radius 3 is 1.50 bits per heavy atom. The predicted molar refractivity (Wildman–Crippen MR) is 129 cm³/mol. The van der Waals surface area contributed by atoms with Crippen LogP contribution in [0.1, 0.15) is 85.0 Å². The molecule has 0 saturated heterocycles. The van der Waals surface area contributed by atoms with Crippen LogP contribution in [0.15, 0.2) is 0 Å². The summed E-state index contributed by atoms with van der Waals surface area (Å²) in [6.07, 6.45) is 8.97. The number of carbonyl (C=O) groups excluding carboxylic acids is 1. The molecule has 2 atom stereocenters. The topological polar surface area (TPSA) is 124 Å². The van der Waals surface area contributed by atoms with E-state index in [0.29, 0.717) is 32.7 Å². The van der Waals surface area contributed by atoms with Gasteiger partial charge in [0.05, 0.1) is 18.4 Å². The first kappa shape index (κ1) is 39.0. The molecule has 1 rings (SSSR count). The first-order valence-corrected chi connectivity index (χ1v) is 15.3. The molecule has 7 nitrogen and oxygen atoms in total. The molecule has 32 heavy (non-hydrogen) atoms. The summed E-state index contributed by atoms with van der Waals surface area (Å²) in [4.78, 5) is 31.4. The number of rotatable bonds is 9. The SMILES string of the molecule is CCCCO.CCCCO.CCCCOC(=O)C1CCCCC1C(=O)O.C[Si](C)(C)O.[Ti]. The zero-order valence-electron chi connectivity index (χ0n) is 21.4. The monoisotopic (exact) mass is 514 g/mol. The van der Waals surface area contributed by atoms with Gasteiger partial charge in [-0.25, -0.2) is 0 Å². The summed E-state index contributed by atoms with van der Waals surface area (Å²) in [5, 5.41) is 25.2. The minimum absolute atomic E-state index is 0. The van der Waals surface area contributed by atoms with Crippen molar-refractivity contribution in [3.63, 3.8) is 0 Å². The Hall–Kier alpha value is -0.249. The van der Waals surface area contributed by atoms with Crippen molar-refractivity contribution in [3.05, 3.63) is 0 Å². The van der Waals surface area contributed by atoms with Crippen LogP contribution in [0, 0.1) is 11.8 Å². The van der Waals surface area contributed by atoms with Crippen LogP contribution in [-0.2, 0) is 36.0 Å². The van der Waals surface area contributed by atoms with Crippen LogP contribution in [0.4, 0.5) is 0 Å². The molecule has 1 saturated carbocycles. The van der Waals surface area contributed by atoms with Gasteiger partial charge in [-0.05, 0) is 51.7 Å². The Morgan fingerprint density at radius 1 is 0.844 bits per heavy atom. The molecular formula is C23H50O7SiTi. The molecule has 9 heteroatoms. The number of carbonyl (C=O) groups is 2. The molecule has 0 radical (unpaired) electrons. The molecule has 0 aromatic heterocycles. The van der Waals surface area contributed by atoms with Crippen LogP contribution in [-0.4, -0.2) is 60.2 Å². The van der Waals surface area contributed by atoms with Gasteiger partial charge < -0.3 is 24.9 Å². The van der Waals surface area contributed by atoms with E-state index < -0.39 is 26.1 Å². The average Bonchev–Trinajstić information content (AvgIpc) is 2.69. The zero-order chi connectivity index (χ0) is 24.7. The van der Waals surface area contributed by atoms with E-state index in [0.717, 1.165) is 51.4 Å². The second-order valence-electron chi connectivity index (χ2n) is 8.68. The van der Waals surface area contributed by atoms with Crippen molar-refractivity contribution in [2.75, 3.05) is 19.8 Å². The van der Waals surface area contributed by atoms with E-state index in [4.69, 9.17) is 24.9 Å². The molecule has 0 heterocycles. The van der Waals surface area contributed by atoms with Crippen molar-refractivity contribution in [3.8, 4) is 0 Å². The fourth-order valence-corrected chi connectivity index (χ4v) is 2.45. The smallest absolute Gasteiger partial charge is 0.309 e. The third-order valence-electron chi connectivity index (χ3n) is 4.15. The number of hydrogen-bond donors (Lipinski definition) is 4. The van der Waals surface area contributed by atoms with E-state index >= 15 is 0 Å². The van der Waals surface area contributed by atoms with Gasteiger partial charge in [-0.15, -0.1) is 0 Å². The molecule has 4 N–H and O–H groups in total. The third-order valence-corrected chi connectivity index (χ3v) is 4.15. The van der Waals surface area contributed by atoms with Crippen LogP contribution in [0.3, 0.4) is 0 Å². The third kappa shape index (κ3) is 31.9. The second-order valence-corrected chi connectivity index (χ2v) is 13.0. The number of hydrogen-bond acceptors (Lipinski definition) is 6. The van der Waals surface area contributed by atoms with Crippen molar-refractivity contribution in [1.82, 2.24) is 0 Å². The molecule has 0 aromatic carbocycles. The van der Waals surface area contributed by atoms with E-state index in [9.17, 15) is 9.59 Å². The van der Waals surface area contributed by atoms with Crippen molar-refractivity contribution in [1.29, 1.82) is 0 Å². The standard InChI is InChI=1S/C12H20O4.2C4H10O.C3H10OSi.Ti/c1-2-3-8-16-12(15)10-7-5-4-6-9(10)11(13)14;2*1-2-3-4-5;1-5(2,3)4;/h9-10H,2-8H2,1H3,(H,13,14);2*5H,2-4H2,1H3;4H,1-3H3;. The number of aliphatic carboxylic acids is 1. The Bertz CT molecular complexity index is 402. The maximum absolute atomic E-state index is 11.7. The summed E-state index contributed by atoms with van der Waals surface area (Å²) in [6, 6.07) is 0. The van der Waals surface area contributed by atoms with Gasteiger partial charge in [-0.1, -0.05) is 52.9 Å². The number of carboxylic acids is 1. The molecular weight excluding hydrogens is 464 g/mol. The van der Waals surface area contributed by atoms with Gasteiger partial charge in [0, 0.05) is 34.9 Å². The Kier molecular flexibility index (Phi) is 32.9. The van der Waals surface area contributed by atoms with Gasteiger partial charge in [0.15, 0.2) is 8.32 Å². The van der Waals surface area contributed by atoms with Gasteiger partial charge in [0.1, 0.15) is 0 Å². The number of aliphatic hydroxyl groups is 2. The Morgan fingerprint density at radius 2 is 1.22 bits per heavy atom. The van der Waals surface area contributed by atoms with E-state index in [1.807, 2.05) is 26.6 Å². The molecule has 2 unspecified atom stereocenters. The van der Waals surface area contributed by atoms with Crippen molar-refractivity contribution in [2.24, 2.45) is 11.8 Å². The molecule has 0 spiro atoms. The van der Waals surface area contributed by atoms with Crippen molar-refractivity contribution < 1.29 is 56.2 Å². The molecule has 192 valence electrons. The number of unbranched alkanes of at least 4 members (excludes halogenated alkanes) is 3. The van der Waals surface area contributed by atoms with E-state index in [-0.39, 0.29) is 27.7 Å². The second kappa shape index (κ2) is 27.0. The largest absolute Gasteiger partial charge is 0.481 e. The fourth-order valence-electron chi connectivity index (χ4n) is 2.45. The molecule has 0 bridgehead atoms. The van der Waals surface area contributed by atoms with Gasteiger partial charge in [0.2, 0.25) is 0 Å². The molecule has 1 fully saturated rings. The number of ether oxygens (including phenoxy) is 1. The summed E-state index contributed by atoms with van der Waals surface area (Å²) < 4.78 is 5.10. The molecule has 0 aromatic rings. The number of aliphatic hydroxyl groups excluding tert-OH is 2. The minimum atomic E-state index is -1.61. The van der Waals surface area contributed by atoms with E-state index in [2.05, 4.69) is 13.8 Å². The van der Waals surface area contributed by atoms with Crippen LogP contribution >= 0.6 is 0 Å². The quantitative estimate of drug-likeness (QED) is 0.202. The zero-order valence-corrected chi connectivity index (χ0v) is 23.9. The van der Waals surface area contributed by atoms with Crippen molar-refractivity contribution >= 4 is 20.3 Å². The summed E-state index contributed by atoms with van der Waals surface area (Å²) in [5.74, 6) is -2.15. The number of carboxylic acid groups (broad SMARTS) is 1. The van der Waals surface area contributed by atoms with Crippen molar-refractivity contribution in [2.45, 2.75) is 105 Å². The first-order chi connectivity index (χ1) is 14.5. The average molecular weight is 515 g/mol. The fraction of sp³-hybridized carbons (Fsp3) is 0.913. The maximum Gasteiger partial charge on any atom is 0.309 e. The van der Waals surface area contributed by atoms with Crippen LogP contribution in [0.25, 0.3) is 0 Å². The summed E-state index contributed by atoms with van der Waals surface area (Å²) in [6.45, 7) is 12.9. The Balaban J connectivity index is -0.000000202. The molecule has 0 aliphatic heterocycles. The Labute approximate surface area is 212 Å². The maximum atomic E-state index is 11.7. The first-order valence-electron chi connectivity index (χ1n) is 11.8. The summed E-state index contributed by atoms with van der Waals surface area (Å²) >= 11 is 0. The molecule has 1 aliphatic carbocycles. The normalized spacial score (nSPS) is 17.0. The molecule has 1 aliphatic rings. The van der Waals surface area contributed by atoms with Crippen LogP contribution < -0.4 is 0 Å². The number of esters is 1. The van der Waals surface area contributed by atoms with Crippen LogP contribution in [0.2, 0.25) is 19.6 Å². The van der Waals surface area contributed by atoms with Gasteiger partial charge >= 0.3 is 11.9 Å². The van der Waals surface area contributed by atoms with Gasteiger partial charge in [0.25, 0.3) is 0 Å².